The monoisotopic (exact) mass is 659 g/mol. The highest BCUT2D eigenvalue weighted by Gasteiger charge is 2.23. The van der Waals surface area contributed by atoms with Crippen LogP contribution in [0.2, 0.25) is 0 Å². The van der Waals surface area contributed by atoms with E-state index in [1.54, 1.807) is 17.0 Å². The lowest BCUT2D eigenvalue weighted by molar-refractivity contribution is 0.0917. The van der Waals surface area contributed by atoms with Crippen LogP contribution in [0, 0.1) is 0 Å². The van der Waals surface area contributed by atoms with E-state index in [2.05, 4.69) is 80.4 Å². The highest BCUT2D eigenvalue weighted by Crippen LogP contribution is 2.33. The van der Waals surface area contributed by atoms with Crippen LogP contribution < -0.4 is 10.6 Å². The fraction of sp³-hybridized carbons (Fsp3) is 0.425. The Bertz CT molecular complexity index is 2000. The number of carbonyl (C=O) groups is 2. The number of pyridine rings is 2. The molecule has 49 heavy (non-hydrogen) atoms. The normalized spacial score (nSPS) is 14.3. The Hall–Kier alpha value is -4.63. The molecule has 256 valence electrons. The molecule has 9 nitrogen and oxygen atoms in total. The highest BCUT2D eigenvalue weighted by molar-refractivity contribution is 6.12. The van der Waals surface area contributed by atoms with Crippen molar-refractivity contribution in [2.75, 3.05) is 25.5 Å². The van der Waals surface area contributed by atoms with Gasteiger partial charge in [-0.05, 0) is 122 Å². The molecule has 9 heteroatoms. The lowest BCUT2D eigenvalue weighted by atomic mass is 9.88. The van der Waals surface area contributed by atoms with Crippen molar-refractivity contribution in [1.82, 2.24) is 29.7 Å². The zero-order valence-corrected chi connectivity index (χ0v) is 29.9. The molecule has 0 radical (unpaired) electrons. The van der Waals surface area contributed by atoms with Crippen LogP contribution in [-0.4, -0.2) is 62.4 Å². The number of nitrogens with one attached hydrogen (secondary N) is 2. The van der Waals surface area contributed by atoms with Gasteiger partial charge in [-0.15, -0.1) is 0 Å². The Morgan fingerprint density at radius 1 is 0.837 bits per heavy atom. The second-order valence-corrected chi connectivity index (χ2v) is 14.2. The Morgan fingerprint density at radius 3 is 2.20 bits per heavy atom. The Labute approximate surface area is 289 Å². The topological polar surface area (TPSA) is 105 Å². The summed E-state index contributed by atoms with van der Waals surface area (Å²) in [5, 5.41) is 8.35. The number of imidazole rings is 1. The molecule has 2 aromatic carbocycles. The van der Waals surface area contributed by atoms with E-state index in [-0.39, 0.29) is 23.8 Å². The number of benzene rings is 2. The van der Waals surface area contributed by atoms with Gasteiger partial charge in [0.2, 0.25) is 5.95 Å². The minimum Gasteiger partial charge on any atom is -0.349 e. The Kier molecular flexibility index (Phi) is 10.1. The van der Waals surface area contributed by atoms with Crippen LogP contribution in [0.15, 0.2) is 55.1 Å². The fourth-order valence-electron chi connectivity index (χ4n) is 7.19. The van der Waals surface area contributed by atoms with Gasteiger partial charge in [0, 0.05) is 48.6 Å². The van der Waals surface area contributed by atoms with Crippen molar-refractivity contribution in [2.45, 2.75) is 84.6 Å². The number of rotatable bonds is 10. The van der Waals surface area contributed by atoms with Crippen LogP contribution in [0.1, 0.15) is 108 Å². The second-order valence-electron chi connectivity index (χ2n) is 14.2. The maximum atomic E-state index is 13.9. The standard InChI is InChI=1S/C40H49N7O2/c1-8-26-19-32-35(25(4)5)28(23-43-37(32)33(20-26)39(49)45-40-42-15-18-47(40)7)10-9-27-21-31-30(24(2)3)11-14-41-36(31)34(22-27)38(48)44-29-12-16-46(6)17-13-29/h11,14-15,18-25,29H,8-10,12-13,16-17H2,1-7H3,(H,44,48)(H,42,45,49). The van der Waals surface area contributed by atoms with Crippen molar-refractivity contribution in [3.8, 4) is 0 Å². The third kappa shape index (κ3) is 7.22. The Balaban J connectivity index is 1.36. The molecule has 0 atom stereocenters. The molecule has 1 saturated heterocycles. The SMILES string of the molecule is CCc1cc(C(=O)Nc2nccn2C)c2ncc(CCc3cc(C(=O)NC4CCN(C)CC4)c4nccc(C(C)C)c4c3)c(C(C)C)c2c1. The fourth-order valence-corrected chi connectivity index (χ4v) is 7.19. The molecule has 3 aromatic heterocycles. The van der Waals surface area contributed by atoms with Crippen molar-refractivity contribution < 1.29 is 9.59 Å². The second kappa shape index (κ2) is 14.5. The van der Waals surface area contributed by atoms with E-state index in [1.165, 1.54) is 11.1 Å². The molecule has 0 saturated carbocycles. The number of aryl methyl sites for hydroxylation is 4. The third-order valence-corrected chi connectivity index (χ3v) is 9.97. The van der Waals surface area contributed by atoms with E-state index < -0.39 is 0 Å². The molecular formula is C40H49N7O2. The van der Waals surface area contributed by atoms with Gasteiger partial charge in [-0.2, -0.15) is 0 Å². The van der Waals surface area contributed by atoms with Gasteiger partial charge in [-0.1, -0.05) is 34.6 Å². The number of amides is 2. The number of hydrogen-bond acceptors (Lipinski definition) is 6. The number of piperidine rings is 1. The summed E-state index contributed by atoms with van der Waals surface area (Å²) < 4.78 is 1.78. The van der Waals surface area contributed by atoms with Gasteiger partial charge >= 0.3 is 0 Å². The summed E-state index contributed by atoms with van der Waals surface area (Å²) >= 11 is 0. The average molecular weight is 660 g/mol. The number of likely N-dealkylation sites (tertiary alicyclic amines) is 1. The minimum atomic E-state index is -0.221. The number of hydrogen-bond donors (Lipinski definition) is 2. The van der Waals surface area contributed by atoms with Gasteiger partial charge in [-0.25, -0.2) is 4.98 Å². The lowest BCUT2D eigenvalue weighted by Gasteiger charge is -2.29. The first-order valence-electron chi connectivity index (χ1n) is 17.7. The number of aromatic nitrogens is 4. The molecule has 0 spiro atoms. The van der Waals surface area contributed by atoms with E-state index in [9.17, 15) is 9.59 Å². The molecule has 4 heterocycles. The van der Waals surface area contributed by atoms with Gasteiger partial charge < -0.3 is 14.8 Å². The quantitative estimate of drug-likeness (QED) is 0.165. The molecule has 6 rings (SSSR count). The number of fused-ring (bicyclic) bond motifs is 2. The van der Waals surface area contributed by atoms with Crippen LogP contribution in [0.5, 0.6) is 0 Å². The minimum absolute atomic E-state index is 0.0477. The molecule has 5 aromatic rings. The van der Waals surface area contributed by atoms with E-state index in [0.717, 1.165) is 78.2 Å². The summed E-state index contributed by atoms with van der Waals surface area (Å²) in [5.41, 5.74) is 8.39. The summed E-state index contributed by atoms with van der Waals surface area (Å²) in [6, 6.07) is 10.7. The molecule has 0 aliphatic carbocycles. The van der Waals surface area contributed by atoms with Gasteiger partial charge in [0.1, 0.15) is 0 Å². The molecule has 2 N–H and O–H groups in total. The third-order valence-electron chi connectivity index (χ3n) is 9.97. The van der Waals surface area contributed by atoms with E-state index in [1.807, 2.05) is 31.6 Å². The van der Waals surface area contributed by atoms with E-state index >= 15 is 0 Å². The molecule has 1 aliphatic heterocycles. The van der Waals surface area contributed by atoms with Gasteiger partial charge in [0.05, 0.1) is 22.2 Å². The zero-order valence-electron chi connectivity index (χ0n) is 29.9. The average Bonchev–Trinajstić information content (AvgIpc) is 3.49. The van der Waals surface area contributed by atoms with Crippen molar-refractivity contribution in [1.29, 1.82) is 0 Å². The predicted octanol–water partition coefficient (Wildman–Crippen LogP) is 7.19. The summed E-state index contributed by atoms with van der Waals surface area (Å²) in [5.74, 6) is 0.725. The van der Waals surface area contributed by atoms with Gasteiger partial charge in [-0.3, -0.25) is 24.9 Å². The van der Waals surface area contributed by atoms with Crippen molar-refractivity contribution in [3.05, 3.63) is 94.1 Å². The molecule has 1 aliphatic rings. The van der Waals surface area contributed by atoms with Gasteiger partial charge in [0.15, 0.2) is 0 Å². The van der Waals surface area contributed by atoms with Gasteiger partial charge in [0.25, 0.3) is 11.8 Å². The summed E-state index contributed by atoms with van der Waals surface area (Å²) in [7, 11) is 3.98. The molecular weight excluding hydrogens is 610 g/mol. The van der Waals surface area contributed by atoms with Crippen molar-refractivity contribution in [2.24, 2.45) is 7.05 Å². The maximum Gasteiger partial charge on any atom is 0.260 e. The lowest BCUT2D eigenvalue weighted by Crippen LogP contribution is -2.43. The zero-order chi connectivity index (χ0) is 34.8. The smallest absolute Gasteiger partial charge is 0.260 e. The molecule has 0 bridgehead atoms. The van der Waals surface area contributed by atoms with Crippen molar-refractivity contribution >= 4 is 39.6 Å². The molecule has 0 unspecified atom stereocenters. The maximum absolute atomic E-state index is 13.9. The summed E-state index contributed by atoms with van der Waals surface area (Å²) in [6.45, 7) is 12.8. The number of nitrogens with zero attached hydrogens (tertiary/aromatic N) is 5. The number of carbonyl (C=O) groups excluding carboxylic acids is 2. The van der Waals surface area contributed by atoms with Crippen molar-refractivity contribution in [3.63, 3.8) is 0 Å². The first-order valence-corrected chi connectivity index (χ1v) is 17.7. The number of anilines is 1. The highest BCUT2D eigenvalue weighted by atomic mass is 16.2. The van der Waals surface area contributed by atoms with Crippen LogP contribution >= 0.6 is 0 Å². The predicted molar refractivity (Wildman–Crippen MR) is 198 cm³/mol. The molecule has 1 fully saturated rings. The summed E-state index contributed by atoms with van der Waals surface area (Å²) in [6.07, 6.45) is 11.4. The first kappa shape index (κ1) is 34.2. The van der Waals surface area contributed by atoms with Crippen LogP contribution in [0.25, 0.3) is 21.8 Å². The largest absolute Gasteiger partial charge is 0.349 e. The Morgan fingerprint density at radius 2 is 1.53 bits per heavy atom. The van der Waals surface area contributed by atoms with E-state index in [4.69, 9.17) is 9.97 Å². The van der Waals surface area contributed by atoms with Crippen LogP contribution in [-0.2, 0) is 26.3 Å². The van der Waals surface area contributed by atoms with E-state index in [0.29, 0.717) is 28.5 Å². The summed E-state index contributed by atoms with van der Waals surface area (Å²) in [4.78, 5) is 43.7. The van der Waals surface area contributed by atoms with Crippen LogP contribution in [0.3, 0.4) is 0 Å². The molecule has 2 amide bonds. The van der Waals surface area contributed by atoms with Crippen LogP contribution in [0.4, 0.5) is 5.95 Å². The first-order chi connectivity index (χ1) is 23.5.